The van der Waals surface area contributed by atoms with Crippen LogP contribution >= 0.6 is 0 Å². The number of carbonyl (C=O) groups is 2. The number of nitrogens with one attached hydrogen (secondary N) is 2. The van der Waals surface area contributed by atoms with Crippen LogP contribution in [-0.4, -0.2) is 45.2 Å². The zero-order valence-electron chi connectivity index (χ0n) is 14.8. The molecule has 2 aromatic rings. The first kappa shape index (κ1) is 16.8. The van der Waals surface area contributed by atoms with E-state index < -0.39 is 5.54 Å². The van der Waals surface area contributed by atoms with Crippen LogP contribution in [0.3, 0.4) is 0 Å². The summed E-state index contributed by atoms with van der Waals surface area (Å²) in [6, 6.07) is 9.67. The molecule has 2 aliphatic heterocycles. The van der Waals surface area contributed by atoms with Gasteiger partial charge in [-0.1, -0.05) is 18.2 Å². The molecule has 0 bridgehead atoms. The molecule has 1 aromatic carbocycles. The molecular weight excluding hydrogens is 330 g/mol. The van der Waals surface area contributed by atoms with Crippen LogP contribution in [0.25, 0.3) is 5.69 Å². The lowest BCUT2D eigenvalue weighted by Gasteiger charge is -2.38. The maximum Gasteiger partial charge on any atom is 0.322 e. The number of hydrogen-bond acceptors (Lipinski definition) is 4. The van der Waals surface area contributed by atoms with Crippen molar-refractivity contribution in [2.24, 2.45) is 5.92 Å². The maximum absolute atomic E-state index is 12.1. The van der Waals surface area contributed by atoms with Crippen molar-refractivity contribution in [2.45, 2.75) is 31.8 Å². The molecule has 0 saturated carbocycles. The molecule has 2 aliphatic rings. The fourth-order valence-corrected chi connectivity index (χ4v) is 3.93. The predicted molar refractivity (Wildman–Crippen MR) is 96.6 cm³/mol. The van der Waals surface area contributed by atoms with Crippen LogP contribution in [0, 0.1) is 5.92 Å². The minimum atomic E-state index is -0.776. The van der Waals surface area contributed by atoms with E-state index in [0.29, 0.717) is 0 Å². The second-order valence-corrected chi connectivity index (χ2v) is 7.29. The molecule has 1 atom stereocenters. The quantitative estimate of drug-likeness (QED) is 0.820. The largest absolute Gasteiger partial charge is 0.323 e. The van der Waals surface area contributed by atoms with Crippen LogP contribution in [0.15, 0.2) is 42.7 Å². The van der Waals surface area contributed by atoms with Crippen LogP contribution in [0.2, 0.25) is 0 Å². The molecule has 7 heteroatoms. The number of para-hydroxylation sites is 1. The molecule has 1 unspecified atom stereocenters. The van der Waals surface area contributed by atoms with E-state index in [1.54, 1.807) is 0 Å². The van der Waals surface area contributed by atoms with Crippen molar-refractivity contribution in [1.82, 2.24) is 25.3 Å². The van der Waals surface area contributed by atoms with Gasteiger partial charge in [0, 0.05) is 18.3 Å². The summed E-state index contributed by atoms with van der Waals surface area (Å²) < 4.78 is 1.89. The van der Waals surface area contributed by atoms with Crippen molar-refractivity contribution in [3.63, 3.8) is 0 Å². The van der Waals surface area contributed by atoms with E-state index in [2.05, 4.69) is 26.8 Å². The van der Waals surface area contributed by atoms with Gasteiger partial charge in [-0.15, -0.1) is 0 Å². The van der Waals surface area contributed by atoms with Gasteiger partial charge in [0.1, 0.15) is 5.54 Å². The fraction of sp³-hybridized carbons (Fsp3) is 0.421. The second kappa shape index (κ2) is 6.57. The summed E-state index contributed by atoms with van der Waals surface area (Å²) in [7, 11) is 0. The number of carbonyl (C=O) groups excluding carboxylic acids is 2. The van der Waals surface area contributed by atoms with Crippen molar-refractivity contribution < 1.29 is 9.59 Å². The Labute approximate surface area is 152 Å². The average molecular weight is 353 g/mol. The Morgan fingerprint density at radius 2 is 1.92 bits per heavy atom. The van der Waals surface area contributed by atoms with E-state index in [0.717, 1.165) is 38.2 Å². The Balaban J connectivity index is 1.35. The molecule has 2 N–H and O–H groups in total. The molecule has 3 amide bonds. The Bertz CT molecular complexity index is 810. The van der Waals surface area contributed by atoms with E-state index in [4.69, 9.17) is 0 Å². The summed E-state index contributed by atoms with van der Waals surface area (Å²) in [5, 5.41) is 9.61. The van der Waals surface area contributed by atoms with Crippen LogP contribution in [0.1, 0.15) is 25.3 Å². The highest BCUT2D eigenvalue weighted by molar-refractivity contribution is 6.06. The highest BCUT2D eigenvalue weighted by Crippen LogP contribution is 2.31. The first-order valence-corrected chi connectivity index (χ1v) is 8.99. The molecule has 1 aromatic heterocycles. The number of urea groups is 1. The summed E-state index contributed by atoms with van der Waals surface area (Å²) in [6.07, 6.45) is 5.74. The lowest BCUT2D eigenvalue weighted by Crippen LogP contribution is -2.53. The fourth-order valence-electron chi connectivity index (χ4n) is 3.93. The Kier molecular flexibility index (Phi) is 4.24. The van der Waals surface area contributed by atoms with Crippen LogP contribution < -0.4 is 10.6 Å². The molecule has 2 saturated heterocycles. The second-order valence-electron chi connectivity index (χ2n) is 7.29. The number of nitrogens with zero attached hydrogens (tertiary/aromatic N) is 3. The molecule has 7 nitrogen and oxygen atoms in total. The van der Waals surface area contributed by atoms with Crippen molar-refractivity contribution in [3.05, 3.63) is 48.3 Å². The van der Waals surface area contributed by atoms with Crippen LogP contribution in [0.4, 0.5) is 4.79 Å². The molecule has 26 heavy (non-hydrogen) atoms. The predicted octanol–water partition coefficient (Wildman–Crippen LogP) is 1.68. The van der Waals surface area contributed by atoms with Crippen molar-refractivity contribution in [1.29, 1.82) is 0 Å². The normalized spacial score (nSPS) is 24.5. The number of aromatic nitrogens is 2. The minimum absolute atomic E-state index is 0.164. The average Bonchev–Trinajstić information content (AvgIpc) is 3.21. The number of benzene rings is 1. The Morgan fingerprint density at radius 3 is 2.58 bits per heavy atom. The standard InChI is InChI=1S/C19H23N5O2/c1-19(17(25)21-18(26)22-19)15-7-9-23(10-8-15)12-14-11-20-24(13-14)16-5-3-2-4-6-16/h2-6,11,13,15H,7-10,12H2,1H3,(H2,21,22,25,26). The van der Waals surface area contributed by atoms with Gasteiger partial charge in [0.25, 0.3) is 5.91 Å². The van der Waals surface area contributed by atoms with Gasteiger partial charge in [-0.2, -0.15) is 5.10 Å². The SMILES string of the molecule is CC1(C2CCN(Cc3cnn(-c4ccccc4)c3)CC2)NC(=O)NC1=O. The number of likely N-dealkylation sites (tertiary alicyclic amines) is 1. The topological polar surface area (TPSA) is 79.3 Å². The maximum atomic E-state index is 12.1. The van der Waals surface area contributed by atoms with Gasteiger partial charge in [-0.05, 0) is 50.9 Å². The van der Waals surface area contributed by atoms with E-state index >= 15 is 0 Å². The van der Waals surface area contributed by atoms with Gasteiger partial charge in [-0.25, -0.2) is 9.48 Å². The molecule has 0 aliphatic carbocycles. The Hall–Kier alpha value is -2.67. The van der Waals surface area contributed by atoms with E-state index in [9.17, 15) is 9.59 Å². The zero-order chi connectivity index (χ0) is 18.1. The van der Waals surface area contributed by atoms with E-state index in [-0.39, 0.29) is 17.9 Å². The smallest absolute Gasteiger partial charge is 0.322 e. The van der Waals surface area contributed by atoms with Gasteiger partial charge >= 0.3 is 6.03 Å². The van der Waals surface area contributed by atoms with Crippen LogP contribution in [0.5, 0.6) is 0 Å². The third-order valence-electron chi connectivity index (χ3n) is 5.54. The number of hydrogen-bond donors (Lipinski definition) is 2. The highest BCUT2D eigenvalue weighted by atomic mass is 16.2. The molecule has 4 rings (SSSR count). The lowest BCUT2D eigenvalue weighted by atomic mass is 9.79. The first-order valence-electron chi connectivity index (χ1n) is 8.99. The van der Waals surface area contributed by atoms with Gasteiger partial charge < -0.3 is 5.32 Å². The molecule has 0 spiro atoms. The van der Waals surface area contributed by atoms with Gasteiger partial charge in [0.15, 0.2) is 0 Å². The molecule has 136 valence electrons. The van der Waals surface area contributed by atoms with E-state index in [1.165, 1.54) is 5.56 Å². The zero-order valence-corrected chi connectivity index (χ0v) is 14.8. The lowest BCUT2D eigenvalue weighted by molar-refractivity contribution is -0.125. The number of imide groups is 1. The third-order valence-corrected chi connectivity index (χ3v) is 5.54. The third kappa shape index (κ3) is 3.10. The van der Waals surface area contributed by atoms with Crippen molar-refractivity contribution in [2.75, 3.05) is 13.1 Å². The monoisotopic (exact) mass is 353 g/mol. The summed E-state index contributed by atoms with van der Waals surface area (Å²) in [4.78, 5) is 25.9. The minimum Gasteiger partial charge on any atom is -0.323 e. The first-order chi connectivity index (χ1) is 12.5. The summed E-state index contributed by atoms with van der Waals surface area (Å²) in [6.45, 7) is 4.48. The highest BCUT2D eigenvalue weighted by Gasteiger charge is 2.48. The van der Waals surface area contributed by atoms with Gasteiger partial charge in [0.05, 0.1) is 11.9 Å². The summed E-state index contributed by atoms with van der Waals surface area (Å²) >= 11 is 0. The molecular formula is C19H23N5O2. The molecule has 3 heterocycles. The number of amides is 3. The van der Waals surface area contributed by atoms with Crippen molar-refractivity contribution >= 4 is 11.9 Å². The Morgan fingerprint density at radius 1 is 1.19 bits per heavy atom. The summed E-state index contributed by atoms with van der Waals surface area (Å²) in [5.74, 6) is -0.0395. The van der Waals surface area contributed by atoms with Crippen LogP contribution in [-0.2, 0) is 11.3 Å². The van der Waals surface area contributed by atoms with Crippen molar-refractivity contribution in [3.8, 4) is 5.69 Å². The molecule has 2 fully saturated rings. The van der Waals surface area contributed by atoms with Gasteiger partial charge in [-0.3, -0.25) is 15.0 Å². The van der Waals surface area contributed by atoms with E-state index in [1.807, 2.05) is 48.1 Å². The summed E-state index contributed by atoms with van der Waals surface area (Å²) in [5.41, 5.74) is 1.44. The van der Waals surface area contributed by atoms with Gasteiger partial charge in [0.2, 0.25) is 0 Å². The number of piperidine rings is 1. The molecule has 0 radical (unpaired) electrons. The number of rotatable bonds is 4.